The molecule has 4 aromatic rings. The second kappa shape index (κ2) is 10.2. The van der Waals surface area contributed by atoms with Gasteiger partial charge < -0.3 is 20.9 Å². The van der Waals surface area contributed by atoms with Crippen molar-refractivity contribution in [1.82, 2.24) is 30.5 Å². The van der Waals surface area contributed by atoms with Gasteiger partial charge in [-0.3, -0.25) is 9.59 Å². The molecule has 3 N–H and O–H groups in total. The zero-order valence-corrected chi connectivity index (χ0v) is 21.1. The smallest absolute Gasteiger partial charge is 0.253 e. The van der Waals surface area contributed by atoms with Gasteiger partial charge in [-0.15, -0.1) is 0 Å². The lowest BCUT2D eigenvalue weighted by molar-refractivity contribution is 0.0709. The fourth-order valence-corrected chi connectivity index (χ4v) is 4.61. The van der Waals surface area contributed by atoms with Gasteiger partial charge in [0.1, 0.15) is 11.8 Å². The average Bonchev–Trinajstić information content (AvgIpc) is 3.77. The molecule has 6 rings (SSSR count). The average molecular weight is 508 g/mol. The Morgan fingerprint density at radius 2 is 1.71 bits per heavy atom. The molecule has 0 radical (unpaired) electrons. The van der Waals surface area contributed by atoms with Gasteiger partial charge in [0, 0.05) is 54.1 Å². The van der Waals surface area contributed by atoms with Crippen molar-refractivity contribution in [2.24, 2.45) is 0 Å². The lowest BCUT2D eigenvalue weighted by Crippen LogP contribution is -2.51. The number of anilines is 2. The van der Waals surface area contributed by atoms with E-state index in [0.717, 1.165) is 36.3 Å². The molecule has 38 heavy (non-hydrogen) atoms. The van der Waals surface area contributed by atoms with Crippen LogP contribution < -0.4 is 16.0 Å². The Hall–Kier alpha value is -4.37. The van der Waals surface area contributed by atoms with Crippen molar-refractivity contribution in [2.45, 2.75) is 31.8 Å². The lowest BCUT2D eigenvalue weighted by atomic mass is 10.1. The van der Waals surface area contributed by atoms with Crippen molar-refractivity contribution >= 4 is 34.4 Å². The van der Waals surface area contributed by atoms with E-state index in [1.807, 2.05) is 53.4 Å². The molecule has 0 unspecified atom stereocenters. The number of nitrogens with zero attached hydrogens (tertiary/aromatic N) is 4. The molecule has 9 nitrogen and oxygen atoms in total. The van der Waals surface area contributed by atoms with Gasteiger partial charge in [0.05, 0.1) is 11.2 Å². The molecule has 0 bridgehead atoms. The SMILES string of the molecule is C[C@H]1CN(C(=O)c2ccc(-c3ccc4ncnc(Nc5ccc(C(=O)NC6CC6)cc5)c4n3)cc2)CCN1. The summed E-state index contributed by atoms with van der Waals surface area (Å²) in [5, 5.41) is 9.67. The van der Waals surface area contributed by atoms with Gasteiger partial charge >= 0.3 is 0 Å². The summed E-state index contributed by atoms with van der Waals surface area (Å²) in [4.78, 5) is 40.7. The summed E-state index contributed by atoms with van der Waals surface area (Å²) in [5.74, 6) is 0.576. The minimum Gasteiger partial charge on any atom is -0.349 e. The summed E-state index contributed by atoms with van der Waals surface area (Å²) < 4.78 is 0. The minimum atomic E-state index is -0.0481. The maximum Gasteiger partial charge on any atom is 0.253 e. The van der Waals surface area contributed by atoms with E-state index in [1.54, 1.807) is 12.1 Å². The van der Waals surface area contributed by atoms with E-state index in [9.17, 15) is 9.59 Å². The number of carbonyl (C=O) groups is 2. The Labute approximate surface area is 220 Å². The van der Waals surface area contributed by atoms with Crippen molar-refractivity contribution in [3.8, 4) is 11.3 Å². The van der Waals surface area contributed by atoms with Gasteiger partial charge in [-0.05, 0) is 68.3 Å². The highest BCUT2D eigenvalue weighted by Crippen LogP contribution is 2.26. The quantitative estimate of drug-likeness (QED) is 0.364. The first-order valence-corrected chi connectivity index (χ1v) is 13.0. The predicted octanol–water partition coefficient (Wildman–Crippen LogP) is 3.76. The molecule has 1 aliphatic carbocycles. The number of fused-ring (bicyclic) bond motifs is 1. The topological polar surface area (TPSA) is 112 Å². The second-order valence-electron chi connectivity index (χ2n) is 9.92. The lowest BCUT2D eigenvalue weighted by Gasteiger charge is -2.32. The van der Waals surface area contributed by atoms with E-state index in [4.69, 9.17) is 4.98 Å². The number of rotatable bonds is 6. The first kappa shape index (κ1) is 24.0. The molecule has 2 aliphatic rings. The molecule has 2 fully saturated rings. The Bertz CT molecular complexity index is 1480. The summed E-state index contributed by atoms with van der Waals surface area (Å²) in [7, 11) is 0. The minimum absolute atomic E-state index is 0.0481. The van der Waals surface area contributed by atoms with Crippen LogP contribution in [0, 0.1) is 0 Å². The number of amides is 2. The third kappa shape index (κ3) is 5.19. The summed E-state index contributed by atoms with van der Waals surface area (Å²) in [5.41, 5.74) is 5.11. The molecule has 1 atom stereocenters. The van der Waals surface area contributed by atoms with Crippen LogP contribution in [0.3, 0.4) is 0 Å². The molecule has 3 heterocycles. The zero-order chi connectivity index (χ0) is 26.1. The highest BCUT2D eigenvalue weighted by Gasteiger charge is 2.24. The Morgan fingerprint density at radius 1 is 0.947 bits per heavy atom. The number of nitrogens with one attached hydrogen (secondary N) is 3. The Kier molecular flexibility index (Phi) is 6.43. The number of hydrogen-bond acceptors (Lipinski definition) is 7. The molecule has 2 aromatic carbocycles. The molecular formula is C29H29N7O2. The first-order chi connectivity index (χ1) is 18.5. The largest absolute Gasteiger partial charge is 0.349 e. The molecule has 0 spiro atoms. The highest BCUT2D eigenvalue weighted by molar-refractivity contribution is 5.96. The maximum absolute atomic E-state index is 12.9. The van der Waals surface area contributed by atoms with Gasteiger partial charge in [0.2, 0.25) is 0 Å². The van der Waals surface area contributed by atoms with E-state index >= 15 is 0 Å². The summed E-state index contributed by atoms with van der Waals surface area (Å²) >= 11 is 0. The highest BCUT2D eigenvalue weighted by atomic mass is 16.2. The number of carbonyl (C=O) groups excluding carboxylic acids is 2. The van der Waals surface area contributed by atoms with Crippen LogP contribution in [0.2, 0.25) is 0 Å². The molecule has 1 aliphatic heterocycles. The molecule has 9 heteroatoms. The fourth-order valence-electron chi connectivity index (χ4n) is 4.61. The van der Waals surface area contributed by atoms with Crippen molar-refractivity contribution in [3.05, 3.63) is 78.1 Å². The van der Waals surface area contributed by atoms with Crippen LogP contribution in [0.1, 0.15) is 40.5 Å². The van der Waals surface area contributed by atoms with Crippen molar-refractivity contribution in [3.63, 3.8) is 0 Å². The second-order valence-corrected chi connectivity index (χ2v) is 9.92. The monoisotopic (exact) mass is 507 g/mol. The number of hydrogen-bond donors (Lipinski definition) is 3. The molecule has 1 saturated heterocycles. The predicted molar refractivity (Wildman–Crippen MR) is 146 cm³/mol. The zero-order valence-electron chi connectivity index (χ0n) is 21.1. The van der Waals surface area contributed by atoms with Crippen LogP contribution >= 0.6 is 0 Å². The van der Waals surface area contributed by atoms with Crippen LogP contribution in [0.25, 0.3) is 22.3 Å². The Morgan fingerprint density at radius 3 is 2.45 bits per heavy atom. The van der Waals surface area contributed by atoms with E-state index in [1.165, 1.54) is 6.33 Å². The van der Waals surface area contributed by atoms with E-state index in [0.29, 0.717) is 53.2 Å². The third-order valence-corrected chi connectivity index (χ3v) is 6.89. The van der Waals surface area contributed by atoms with Crippen LogP contribution in [0.5, 0.6) is 0 Å². The summed E-state index contributed by atoms with van der Waals surface area (Å²) in [6.07, 6.45) is 3.61. The van der Waals surface area contributed by atoms with Crippen molar-refractivity contribution in [2.75, 3.05) is 25.0 Å². The molecule has 192 valence electrons. The maximum atomic E-state index is 12.9. The Balaban J connectivity index is 1.21. The number of piperazine rings is 1. The molecule has 2 amide bonds. The number of pyridine rings is 1. The van der Waals surface area contributed by atoms with Crippen LogP contribution in [-0.2, 0) is 0 Å². The van der Waals surface area contributed by atoms with Crippen LogP contribution in [-0.4, -0.2) is 63.4 Å². The number of benzene rings is 2. The summed E-state index contributed by atoms with van der Waals surface area (Å²) in [6, 6.07) is 19.3. The summed E-state index contributed by atoms with van der Waals surface area (Å²) in [6.45, 7) is 4.32. The van der Waals surface area contributed by atoms with Crippen molar-refractivity contribution < 1.29 is 9.59 Å². The fraction of sp³-hybridized carbons (Fsp3) is 0.276. The molecular weight excluding hydrogens is 478 g/mol. The standard InChI is InChI=1S/C29H29N7O2/c1-18-16-36(15-14-30-18)29(38)21-4-2-19(3-5-21)24-12-13-25-26(35-24)27(32-17-31-25)33-22-8-6-20(7-9-22)28(37)34-23-10-11-23/h2-9,12-13,17-18,23,30H,10-11,14-16H2,1H3,(H,34,37)(H,31,32,33)/t18-/m0/s1. The normalized spacial score (nSPS) is 17.3. The number of aromatic nitrogens is 3. The van der Waals surface area contributed by atoms with Crippen LogP contribution in [0.15, 0.2) is 67.0 Å². The van der Waals surface area contributed by atoms with Crippen molar-refractivity contribution in [1.29, 1.82) is 0 Å². The van der Waals surface area contributed by atoms with Gasteiger partial charge in [0.25, 0.3) is 11.8 Å². The third-order valence-electron chi connectivity index (χ3n) is 6.89. The van der Waals surface area contributed by atoms with Gasteiger partial charge in [-0.25, -0.2) is 15.0 Å². The van der Waals surface area contributed by atoms with Gasteiger partial charge in [-0.1, -0.05) is 12.1 Å². The van der Waals surface area contributed by atoms with E-state index in [2.05, 4.69) is 32.8 Å². The van der Waals surface area contributed by atoms with E-state index in [-0.39, 0.29) is 11.8 Å². The van der Waals surface area contributed by atoms with Gasteiger partial charge in [-0.2, -0.15) is 0 Å². The molecule has 2 aromatic heterocycles. The first-order valence-electron chi connectivity index (χ1n) is 13.0. The van der Waals surface area contributed by atoms with Gasteiger partial charge in [0.15, 0.2) is 5.82 Å². The molecule has 1 saturated carbocycles. The van der Waals surface area contributed by atoms with Crippen LogP contribution in [0.4, 0.5) is 11.5 Å². The van der Waals surface area contributed by atoms with E-state index < -0.39 is 0 Å².